The molecule has 5 heteroatoms. The van der Waals surface area contributed by atoms with Crippen LogP contribution >= 0.6 is 27.3 Å². The third-order valence-corrected chi connectivity index (χ3v) is 4.99. The first-order valence-electron chi connectivity index (χ1n) is 6.38. The number of carbonyl (C=O) groups excluding carboxylic acids is 1. The molecule has 2 aromatic carbocycles. The van der Waals surface area contributed by atoms with Crippen molar-refractivity contribution < 1.29 is 9.53 Å². The maximum Gasteiger partial charge on any atom is 0.195 e. The number of para-hydroxylation sites is 1. The van der Waals surface area contributed by atoms with E-state index in [1.165, 1.54) is 11.3 Å². The fourth-order valence-corrected chi connectivity index (χ4v) is 3.34. The summed E-state index contributed by atoms with van der Waals surface area (Å²) in [6.07, 6.45) is 0.303. The third kappa shape index (κ3) is 2.99. The van der Waals surface area contributed by atoms with Gasteiger partial charge in [-0.1, -0.05) is 28.1 Å². The normalized spacial score (nSPS) is 10.8. The van der Waals surface area contributed by atoms with Crippen LogP contribution in [0.25, 0.3) is 10.2 Å². The second-order valence-corrected chi connectivity index (χ2v) is 6.43. The van der Waals surface area contributed by atoms with Crippen LogP contribution in [0.15, 0.2) is 46.9 Å². The van der Waals surface area contributed by atoms with Gasteiger partial charge < -0.3 is 4.74 Å². The molecule has 1 aromatic heterocycles. The summed E-state index contributed by atoms with van der Waals surface area (Å²) in [5.74, 6) is 0.760. The Kier molecular flexibility index (Phi) is 4.03. The van der Waals surface area contributed by atoms with Crippen LogP contribution in [0.4, 0.5) is 0 Å². The van der Waals surface area contributed by atoms with Gasteiger partial charge in [0.1, 0.15) is 5.75 Å². The Balaban J connectivity index is 1.89. The van der Waals surface area contributed by atoms with E-state index in [1.807, 2.05) is 42.5 Å². The summed E-state index contributed by atoms with van der Waals surface area (Å²) in [4.78, 5) is 16.8. The summed E-state index contributed by atoms with van der Waals surface area (Å²) in [7, 11) is 1.61. The highest BCUT2D eigenvalue weighted by Gasteiger charge is 2.14. The number of nitrogens with zero attached hydrogens (tertiary/aromatic N) is 1. The molecule has 0 spiro atoms. The monoisotopic (exact) mass is 361 g/mol. The van der Waals surface area contributed by atoms with E-state index in [-0.39, 0.29) is 5.78 Å². The lowest BCUT2D eigenvalue weighted by atomic mass is 10.1. The Hall–Kier alpha value is -1.72. The van der Waals surface area contributed by atoms with Crippen LogP contribution < -0.4 is 4.74 Å². The van der Waals surface area contributed by atoms with Gasteiger partial charge in [-0.2, -0.15) is 0 Å². The number of hydrogen-bond donors (Lipinski definition) is 0. The van der Waals surface area contributed by atoms with E-state index in [4.69, 9.17) is 4.74 Å². The molecule has 0 atom stereocenters. The van der Waals surface area contributed by atoms with Crippen LogP contribution in [0.5, 0.6) is 5.75 Å². The molecule has 21 heavy (non-hydrogen) atoms. The molecule has 0 saturated heterocycles. The maximum absolute atomic E-state index is 12.4. The quantitative estimate of drug-likeness (QED) is 0.642. The number of ketones is 1. The van der Waals surface area contributed by atoms with Crippen LogP contribution in [-0.2, 0) is 6.42 Å². The number of methoxy groups -OCH3 is 1. The number of aromatic nitrogens is 1. The first-order chi connectivity index (χ1) is 10.2. The predicted molar refractivity (Wildman–Crippen MR) is 88.3 cm³/mol. The van der Waals surface area contributed by atoms with Gasteiger partial charge in [0, 0.05) is 10.9 Å². The summed E-state index contributed by atoms with van der Waals surface area (Å²) >= 11 is 4.90. The second kappa shape index (κ2) is 5.95. The Bertz CT molecular complexity index is 780. The van der Waals surface area contributed by atoms with E-state index in [2.05, 4.69) is 20.9 Å². The highest BCUT2D eigenvalue weighted by atomic mass is 79.9. The van der Waals surface area contributed by atoms with Crippen molar-refractivity contribution in [1.29, 1.82) is 0 Å². The number of fused-ring (bicyclic) bond motifs is 1. The van der Waals surface area contributed by atoms with Gasteiger partial charge in [0.25, 0.3) is 0 Å². The van der Waals surface area contributed by atoms with Crippen molar-refractivity contribution in [2.75, 3.05) is 7.11 Å². The standard InChI is InChI=1S/C16H12BrNO2S/c1-20-11-6-7-12(17)10(8-11)9-14(19)16-18-13-4-2-3-5-15(13)21-16/h2-8H,9H2,1H3. The van der Waals surface area contributed by atoms with E-state index >= 15 is 0 Å². The van der Waals surface area contributed by atoms with Crippen LogP contribution in [0.2, 0.25) is 0 Å². The zero-order chi connectivity index (χ0) is 14.8. The Morgan fingerprint density at radius 1 is 1.29 bits per heavy atom. The van der Waals surface area contributed by atoms with Gasteiger partial charge in [-0.05, 0) is 35.9 Å². The van der Waals surface area contributed by atoms with Crippen molar-refractivity contribution in [3.63, 3.8) is 0 Å². The van der Waals surface area contributed by atoms with Crippen LogP contribution in [0, 0.1) is 0 Å². The van der Waals surface area contributed by atoms with Gasteiger partial charge in [-0.15, -0.1) is 11.3 Å². The van der Waals surface area contributed by atoms with Crippen LogP contribution in [0.3, 0.4) is 0 Å². The molecule has 3 rings (SSSR count). The van der Waals surface area contributed by atoms with Crippen molar-refractivity contribution in [3.05, 3.63) is 57.5 Å². The first-order valence-corrected chi connectivity index (χ1v) is 7.99. The summed E-state index contributed by atoms with van der Waals surface area (Å²) in [5, 5.41) is 0.547. The molecule has 0 bridgehead atoms. The van der Waals surface area contributed by atoms with Crippen molar-refractivity contribution in [2.24, 2.45) is 0 Å². The number of carbonyl (C=O) groups is 1. The minimum absolute atomic E-state index is 0.0187. The third-order valence-electron chi connectivity index (χ3n) is 3.14. The van der Waals surface area contributed by atoms with E-state index in [9.17, 15) is 4.79 Å². The lowest BCUT2D eigenvalue weighted by Gasteiger charge is -2.05. The van der Waals surface area contributed by atoms with E-state index in [0.717, 1.165) is 26.0 Å². The van der Waals surface area contributed by atoms with E-state index in [1.54, 1.807) is 7.11 Å². The Morgan fingerprint density at radius 2 is 2.10 bits per heavy atom. The minimum Gasteiger partial charge on any atom is -0.497 e. The summed E-state index contributed by atoms with van der Waals surface area (Å²) in [5.41, 5.74) is 1.77. The molecule has 1 heterocycles. The smallest absolute Gasteiger partial charge is 0.195 e. The lowest BCUT2D eigenvalue weighted by molar-refractivity contribution is 0.0992. The zero-order valence-corrected chi connectivity index (χ0v) is 13.7. The fraction of sp³-hybridized carbons (Fsp3) is 0.125. The van der Waals surface area contributed by atoms with Crippen molar-refractivity contribution in [2.45, 2.75) is 6.42 Å². The molecule has 0 amide bonds. The summed E-state index contributed by atoms with van der Waals surface area (Å²) in [6, 6.07) is 13.4. The Morgan fingerprint density at radius 3 is 2.86 bits per heavy atom. The number of halogens is 1. The highest BCUT2D eigenvalue weighted by molar-refractivity contribution is 9.10. The molecule has 0 N–H and O–H groups in total. The molecule has 0 aliphatic heterocycles. The molecule has 0 unspecified atom stereocenters. The van der Waals surface area contributed by atoms with Crippen LogP contribution in [0.1, 0.15) is 15.4 Å². The fourth-order valence-electron chi connectivity index (χ4n) is 2.05. The minimum atomic E-state index is 0.0187. The topological polar surface area (TPSA) is 39.2 Å². The highest BCUT2D eigenvalue weighted by Crippen LogP contribution is 2.26. The molecule has 0 radical (unpaired) electrons. The van der Waals surface area contributed by atoms with Gasteiger partial charge >= 0.3 is 0 Å². The first kappa shape index (κ1) is 14.2. The van der Waals surface area contributed by atoms with Crippen molar-refractivity contribution in [3.8, 4) is 5.75 Å². The van der Waals surface area contributed by atoms with Crippen LogP contribution in [-0.4, -0.2) is 17.9 Å². The van der Waals surface area contributed by atoms with Gasteiger partial charge in [0.05, 0.1) is 17.3 Å². The largest absolute Gasteiger partial charge is 0.497 e. The number of thiazole rings is 1. The number of rotatable bonds is 4. The van der Waals surface area contributed by atoms with Gasteiger partial charge in [-0.3, -0.25) is 4.79 Å². The average Bonchev–Trinajstić information content (AvgIpc) is 2.93. The maximum atomic E-state index is 12.4. The van der Waals surface area contributed by atoms with Crippen molar-refractivity contribution in [1.82, 2.24) is 4.98 Å². The molecular formula is C16H12BrNO2S. The van der Waals surface area contributed by atoms with Gasteiger partial charge in [0.15, 0.2) is 10.8 Å². The van der Waals surface area contributed by atoms with E-state index in [0.29, 0.717) is 11.4 Å². The molecular weight excluding hydrogens is 350 g/mol. The van der Waals surface area contributed by atoms with Crippen molar-refractivity contribution >= 4 is 43.3 Å². The lowest BCUT2D eigenvalue weighted by Crippen LogP contribution is -2.03. The number of benzene rings is 2. The van der Waals surface area contributed by atoms with E-state index < -0.39 is 0 Å². The molecule has 0 aliphatic carbocycles. The number of Topliss-reactive ketones (excluding diaryl/α,β-unsaturated/α-hetero) is 1. The summed E-state index contributed by atoms with van der Waals surface area (Å²) < 4.78 is 7.13. The molecule has 0 saturated carbocycles. The van der Waals surface area contributed by atoms with Gasteiger partial charge in [0.2, 0.25) is 0 Å². The molecule has 0 aliphatic rings. The number of ether oxygens (including phenoxy) is 1. The SMILES string of the molecule is COc1ccc(Br)c(CC(=O)c2nc3ccccc3s2)c1. The molecule has 0 fully saturated rings. The number of hydrogen-bond acceptors (Lipinski definition) is 4. The van der Waals surface area contributed by atoms with Gasteiger partial charge in [-0.25, -0.2) is 4.98 Å². The molecule has 3 nitrogen and oxygen atoms in total. The summed E-state index contributed by atoms with van der Waals surface area (Å²) in [6.45, 7) is 0. The average molecular weight is 362 g/mol. The predicted octanol–water partition coefficient (Wildman–Crippen LogP) is 4.49. The zero-order valence-electron chi connectivity index (χ0n) is 11.3. The molecule has 106 valence electrons. The second-order valence-electron chi connectivity index (χ2n) is 4.54. The molecule has 3 aromatic rings. The Labute approximate surface area is 134 Å².